The SMILES string of the molecule is CC.C[N](C)[Hg].NC(=O)CCS. The van der Waals surface area contributed by atoms with Gasteiger partial charge in [0, 0.05) is 6.42 Å². The molecule has 2 N–H and O–H groups in total. The fraction of sp³-hybridized carbons (Fsp3) is 0.857. The molecule has 0 aliphatic heterocycles. The molecule has 0 aromatic carbocycles. The van der Waals surface area contributed by atoms with Gasteiger partial charge in [0.1, 0.15) is 0 Å². The fourth-order valence-corrected chi connectivity index (χ4v) is 0.331. The molecule has 0 aromatic heterocycles. The summed E-state index contributed by atoms with van der Waals surface area (Å²) in [5.74, 6) is 0.264. The predicted octanol–water partition coefficient (Wildman–Crippen LogP) is 0.828. The Labute approximate surface area is 97.9 Å². The molecule has 0 aliphatic rings. The Morgan fingerprint density at radius 1 is 1.50 bits per heavy atom. The second-order valence-corrected chi connectivity index (χ2v) is 7.38. The van der Waals surface area contributed by atoms with Crippen LogP contribution in [0.2, 0.25) is 0 Å². The molecule has 0 radical (unpaired) electrons. The Morgan fingerprint density at radius 2 is 1.75 bits per heavy atom. The van der Waals surface area contributed by atoms with Gasteiger partial charge in [0.15, 0.2) is 0 Å². The summed E-state index contributed by atoms with van der Waals surface area (Å²) in [6.07, 6.45) is 0.378. The number of carbonyl (C=O) groups excluding carboxylic acids is 1. The molecule has 5 heteroatoms. The van der Waals surface area contributed by atoms with Crippen molar-refractivity contribution >= 4 is 18.5 Å². The van der Waals surface area contributed by atoms with Gasteiger partial charge in [-0.05, 0) is 5.75 Å². The smallest absolute Gasteiger partial charge is 0.218 e. The van der Waals surface area contributed by atoms with E-state index in [1.165, 1.54) is 0 Å². The first-order valence-corrected chi connectivity index (χ1v) is 6.96. The summed E-state index contributed by atoms with van der Waals surface area (Å²) < 4.78 is 2.19. The number of nitrogens with zero attached hydrogens (tertiary/aromatic N) is 1. The van der Waals surface area contributed by atoms with Crippen molar-refractivity contribution in [1.82, 2.24) is 2.66 Å². The van der Waals surface area contributed by atoms with Crippen LogP contribution in [0.3, 0.4) is 0 Å². The van der Waals surface area contributed by atoms with Crippen molar-refractivity contribution in [1.29, 1.82) is 0 Å². The van der Waals surface area contributed by atoms with E-state index in [-0.39, 0.29) is 5.91 Å². The molecule has 0 atom stereocenters. The van der Waals surface area contributed by atoms with E-state index < -0.39 is 0 Å². The van der Waals surface area contributed by atoms with Crippen LogP contribution in [-0.2, 0) is 31.2 Å². The van der Waals surface area contributed by atoms with Crippen LogP contribution in [0.25, 0.3) is 0 Å². The Bertz CT molecular complexity index is 88.7. The third-order valence-corrected chi connectivity index (χ3v) is 0.582. The molecule has 0 bridgehead atoms. The predicted molar refractivity (Wildman–Crippen MR) is 52.7 cm³/mol. The molecule has 71 valence electrons. The zero-order valence-corrected chi connectivity index (χ0v) is 14.9. The minimum Gasteiger partial charge on any atom is -0.370 e. The van der Waals surface area contributed by atoms with Crippen LogP contribution in [0.4, 0.5) is 0 Å². The molecule has 1 amide bonds. The molecule has 0 spiro atoms. The first-order valence-electron chi connectivity index (χ1n) is 3.87. The molecule has 3 nitrogen and oxygen atoms in total. The van der Waals surface area contributed by atoms with Crippen molar-refractivity contribution in [2.24, 2.45) is 5.73 Å². The van der Waals surface area contributed by atoms with E-state index in [1.807, 2.05) is 13.8 Å². The van der Waals surface area contributed by atoms with E-state index in [4.69, 9.17) is 5.73 Å². The second-order valence-electron chi connectivity index (χ2n) is 2.02. The average molecular weight is 380 g/mol. The summed E-state index contributed by atoms with van der Waals surface area (Å²) in [6, 6.07) is 0. The molecular weight excluding hydrogens is 361 g/mol. The van der Waals surface area contributed by atoms with Crippen LogP contribution in [0.5, 0.6) is 0 Å². The number of carbonyl (C=O) groups is 1. The van der Waals surface area contributed by atoms with Gasteiger partial charge in [-0.15, -0.1) is 0 Å². The van der Waals surface area contributed by atoms with Gasteiger partial charge in [0.05, 0.1) is 0 Å². The van der Waals surface area contributed by atoms with Gasteiger partial charge in [-0.25, -0.2) is 0 Å². The van der Waals surface area contributed by atoms with Crippen LogP contribution >= 0.6 is 12.6 Å². The number of primary amides is 1. The zero-order chi connectivity index (χ0) is 10.6. The first-order chi connectivity index (χ1) is 5.50. The van der Waals surface area contributed by atoms with Crippen LogP contribution in [0.1, 0.15) is 20.3 Å². The number of thiol groups is 1. The zero-order valence-electron chi connectivity index (χ0n) is 8.50. The Balaban J connectivity index is -0.000000118. The van der Waals surface area contributed by atoms with Gasteiger partial charge in [-0.1, -0.05) is 13.8 Å². The number of hydrogen-bond acceptors (Lipinski definition) is 3. The van der Waals surface area contributed by atoms with E-state index in [0.717, 1.165) is 26.4 Å². The molecule has 0 aliphatic carbocycles. The van der Waals surface area contributed by atoms with Gasteiger partial charge in [0.25, 0.3) is 0 Å². The summed E-state index contributed by atoms with van der Waals surface area (Å²) in [5.41, 5.74) is 4.72. The normalized spacial score (nSPS) is 7.67. The van der Waals surface area contributed by atoms with Gasteiger partial charge in [-0.2, -0.15) is 12.6 Å². The van der Waals surface area contributed by atoms with Gasteiger partial charge in [0.2, 0.25) is 5.91 Å². The Morgan fingerprint density at radius 3 is 1.75 bits per heavy atom. The monoisotopic (exact) mass is 381 g/mol. The fourth-order valence-electron chi connectivity index (χ4n) is 0.110. The van der Waals surface area contributed by atoms with Gasteiger partial charge >= 0.3 is 43.2 Å². The van der Waals surface area contributed by atoms with E-state index in [9.17, 15) is 4.79 Å². The summed E-state index contributed by atoms with van der Waals surface area (Å²) in [5, 5.41) is 0. The molecule has 0 saturated carbocycles. The van der Waals surface area contributed by atoms with Crippen LogP contribution in [0, 0.1) is 0 Å². The molecule has 0 saturated heterocycles. The van der Waals surface area contributed by atoms with Crippen molar-refractivity contribution in [3.8, 4) is 0 Å². The second kappa shape index (κ2) is 17.7. The number of hydrogen-bond donors (Lipinski definition) is 2. The molecular formula is C7H19HgN2OS. The van der Waals surface area contributed by atoms with Crippen molar-refractivity contribution in [3.63, 3.8) is 0 Å². The minimum atomic E-state index is -0.287. The maximum absolute atomic E-state index is 9.77. The average Bonchev–Trinajstić information content (AvgIpc) is 1.90. The quantitative estimate of drug-likeness (QED) is 0.551. The van der Waals surface area contributed by atoms with Crippen molar-refractivity contribution in [2.75, 3.05) is 19.8 Å². The van der Waals surface area contributed by atoms with Crippen molar-refractivity contribution in [2.45, 2.75) is 20.3 Å². The Hall–Kier alpha value is 0.715. The van der Waals surface area contributed by atoms with E-state index in [0.29, 0.717) is 12.2 Å². The van der Waals surface area contributed by atoms with E-state index in [1.54, 1.807) is 0 Å². The molecule has 12 heavy (non-hydrogen) atoms. The van der Waals surface area contributed by atoms with Gasteiger partial charge < -0.3 is 5.73 Å². The molecule has 0 unspecified atom stereocenters. The number of nitrogens with two attached hydrogens (primary N) is 1. The third kappa shape index (κ3) is 73.3. The summed E-state index contributed by atoms with van der Waals surface area (Å²) >= 11 is 4.61. The first kappa shape index (κ1) is 18.5. The van der Waals surface area contributed by atoms with Gasteiger partial charge in [-0.3, -0.25) is 4.79 Å². The number of amides is 1. The van der Waals surface area contributed by atoms with Crippen LogP contribution < -0.4 is 5.73 Å². The van der Waals surface area contributed by atoms with E-state index >= 15 is 0 Å². The number of rotatable bonds is 2. The Kier molecular flexibility index (Phi) is 27.3. The minimum absolute atomic E-state index is 0.287. The summed E-state index contributed by atoms with van der Waals surface area (Å²) in [4.78, 5) is 9.77. The third-order valence-electron chi connectivity index (χ3n) is 0.358. The largest absolute Gasteiger partial charge is 0.370 e. The van der Waals surface area contributed by atoms with Crippen molar-refractivity contribution < 1.29 is 31.2 Å². The summed E-state index contributed by atoms with van der Waals surface area (Å²) in [6.45, 7) is 4.00. The van der Waals surface area contributed by atoms with Crippen molar-refractivity contribution in [3.05, 3.63) is 0 Å². The molecule has 0 rings (SSSR count). The van der Waals surface area contributed by atoms with Crippen LogP contribution in [0.15, 0.2) is 0 Å². The van der Waals surface area contributed by atoms with E-state index in [2.05, 4.69) is 29.4 Å². The maximum Gasteiger partial charge on any atom is 0.218 e. The molecule has 0 aromatic rings. The van der Waals surface area contributed by atoms with Crippen LogP contribution in [-0.4, -0.2) is 28.4 Å². The summed E-state index contributed by atoms with van der Waals surface area (Å²) in [7, 11) is 4.17. The molecule has 0 fully saturated rings. The standard InChI is InChI=1S/C3H7NOS.C2H6N.C2H6.Hg/c4-3(5)1-2-6;1-3-2;1-2;/h6H,1-2H2,(H2,4,5);1-2H3;1-2H3;/q;-1;;+1. The maximum atomic E-state index is 9.77. The molecule has 0 heterocycles. The topological polar surface area (TPSA) is 46.3 Å².